The highest BCUT2D eigenvalue weighted by Crippen LogP contribution is 1.95. The Morgan fingerprint density at radius 2 is 0.667 bits per heavy atom. The molecule has 3 heterocycles. The molecule has 3 aliphatic rings. The molecule has 4 rings (SSSR count). The van der Waals surface area contributed by atoms with Gasteiger partial charge in [0, 0.05) is 0 Å². The van der Waals surface area contributed by atoms with Gasteiger partial charge in [-0.3, -0.25) is 0 Å². The summed E-state index contributed by atoms with van der Waals surface area (Å²) in [4.78, 5) is 0. The van der Waals surface area contributed by atoms with Gasteiger partial charge in [0.15, 0.2) is 21.8 Å². The van der Waals surface area contributed by atoms with Crippen LogP contribution in [-0.2, 0) is 0 Å². The molecule has 0 unspecified atom stereocenters. The second-order valence-electron chi connectivity index (χ2n) is 2.92. The molecule has 0 atom stereocenters. The Bertz CT molecular complexity index is 257. The lowest BCUT2D eigenvalue weighted by Gasteiger charge is -1.73. The fourth-order valence-corrected chi connectivity index (χ4v) is 1.66. The van der Waals surface area contributed by atoms with Gasteiger partial charge in [-0.15, -0.1) is 0 Å². The summed E-state index contributed by atoms with van der Waals surface area (Å²) in [5.41, 5.74) is 9.15. The third-order valence-electron chi connectivity index (χ3n) is 2.36. The third kappa shape index (κ3) is 0.251. The first-order chi connectivity index (χ1) is 4.45. The highest BCUT2D eigenvalue weighted by Gasteiger charge is 2.44. The van der Waals surface area contributed by atoms with Crippen LogP contribution >= 0.6 is 0 Å². The summed E-state index contributed by atoms with van der Waals surface area (Å²) in [6.45, 7) is 0. The molecule has 9 heavy (non-hydrogen) atoms. The normalized spacial score (nSPS) is 17.3. The maximum Gasteiger partial charge on any atom is 0.188 e. The summed E-state index contributed by atoms with van der Waals surface area (Å²) < 4.78 is 0. The van der Waals surface area contributed by atoms with Gasteiger partial charge in [-0.1, -0.05) is 32.8 Å². The Labute approximate surface area is 55.4 Å². The van der Waals surface area contributed by atoms with Gasteiger partial charge in [-0.25, -0.2) is 0 Å². The minimum atomic E-state index is 1.53. The number of benzene rings is 1. The van der Waals surface area contributed by atoms with Gasteiger partial charge in [-0.05, 0) is 0 Å². The molecule has 3 radical (unpaired) electrons. The van der Waals surface area contributed by atoms with Crippen molar-refractivity contribution in [1.29, 1.82) is 0 Å². The maximum atomic E-state index is 2.28. The smallest absolute Gasteiger partial charge is 0.0939 e. The van der Waals surface area contributed by atoms with Crippen LogP contribution in [0.5, 0.6) is 0 Å². The van der Waals surface area contributed by atoms with Crippen molar-refractivity contribution in [3.8, 4) is 0 Å². The standard InChI is InChI=1S/C6B3/c7-1-2(7)4-6(9-4)5-3(1)8-5. The van der Waals surface area contributed by atoms with Gasteiger partial charge in [0.05, 0.1) is 0 Å². The van der Waals surface area contributed by atoms with Crippen LogP contribution in [0, 0.1) is 0 Å². The van der Waals surface area contributed by atoms with E-state index in [2.05, 4.69) is 21.8 Å². The molecular formula is C6B3. The summed E-state index contributed by atoms with van der Waals surface area (Å²) in [6, 6.07) is 0. The van der Waals surface area contributed by atoms with Gasteiger partial charge in [0.2, 0.25) is 0 Å². The van der Waals surface area contributed by atoms with E-state index in [9.17, 15) is 0 Å². The van der Waals surface area contributed by atoms with Gasteiger partial charge < -0.3 is 0 Å². The second-order valence-corrected chi connectivity index (χ2v) is 2.92. The molecule has 0 spiro atoms. The van der Waals surface area contributed by atoms with Crippen LogP contribution < -0.4 is 32.8 Å². The van der Waals surface area contributed by atoms with E-state index in [4.69, 9.17) is 0 Å². The first-order valence-corrected chi connectivity index (χ1v) is 3.23. The van der Waals surface area contributed by atoms with Crippen LogP contribution in [0.1, 0.15) is 0 Å². The second kappa shape index (κ2) is 0.732. The van der Waals surface area contributed by atoms with E-state index in [1.54, 1.807) is 0 Å². The SMILES string of the molecule is [B]1c2c3c(c4c(c21)[B]4)[B]3. The molecule has 0 saturated heterocycles. The van der Waals surface area contributed by atoms with Crippen LogP contribution in [0.2, 0.25) is 0 Å². The van der Waals surface area contributed by atoms with Crippen LogP contribution in [0.3, 0.4) is 0 Å². The number of rotatable bonds is 0. The van der Waals surface area contributed by atoms with Crippen molar-refractivity contribution in [3.63, 3.8) is 0 Å². The molecule has 1 aromatic carbocycles. The van der Waals surface area contributed by atoms with E-state index >= 15 is 0 Å². The Kier molecular flexibility index (Phi) is 0.289. The summed E-state index contributed by atoms with van der Waals surface area (Å²) in [5.74, 6) is 0. The molecule has 0 N–H and O–H groups in total. The maximum absolute atomic E-state index is 2.28. The van der Waals surface area contributed by atoms with Crippen molar-refractivity contribution in [2.24, 2.45) is 0 Å². The van der Waals surface area contributed by atoms with Crippen molar-refractivity contribution in [2.75, 3.05) is 0 Å². The monoisotopic (exact) mass is 105 g/mol. The predicted molar refractivity (Wildman–Crippen MR) is 41.5 cm³/mol. The summed E-state index contributed by atoms with van der Waals surface area (Å²) in [7, 11) is 6.85. The third-order valence-corrected chi connectivity index (χ3v) is 2.36. The Hall–Kier alpha value is -0.585. The van der Waals surface area contributed by atoms with Crippen LogP contribution in [0.25, 0.3) is 0 Å². The zero-order chi connectivity index (χ0) is 5.59. The molecule has 0 aromatic heterocycles. The minimum Gasteiger partial charge on any atom is -0.0939 e. The van der Waals surface area contributed by atoms with Gasteiger partial charge in [-0.2, -0.15) is 0 Å². The quantitative estimate of drug-likeness (QED) is 0.198. The Balaban J connectivity index is 2.42. The first kappa shape index (κ1) is 3.55. The van der Waals surface area contributed by atoms with Gasteiger partial charge in [0.1, 0.15) is 0 Å². The topological polar surface area (TPSA) is 0 Å². The van der Waals surface area contributed by atoms with Gasteiger partial charge in [0.25, 0.3) is 0 Å². The molecule has 33 valence electrons. The van der Waals surface area contributed by atoms with E-state index < -0.39 is 0 Å². The lowest BCUT2D eigenvalue weighted by Crippen LogP contribution is -2.18. The largest absolute Gasteiger partial charge is 0.188 e. The first-order valence-electron chi connectivity index (χ1n) is 3.23. The van der Waals surface area contributed by atoms with Crippen LogP contribution in [0.4, 0.5) is 0 Å². The van der Waals surface area contributed by atoms with Crippen molar-refractivity contribution in [1.82, 2.24) is 0 Å². The van der Waals surface area contributed by atoms with Crippen molar-refractivity contribution >= 4 is 54.6 Å². The number of fused-ring (bicyclic) bond motifs is 6. The van der Waals surface area contributed by atoms with E-state index in [1.165, 1.54) is 32.8 Å². The highest BCUT2D eigenvalue weighted by molar-refractivity contribution is 7.13. The van der Waals surface area contributed by atoms with E-state index in [0.29, 0.717) is 0 Å². The molecule has 0 aliphatic carbocycles. The van der Waals surface area contributed by atoms with E-state index in [0.717, 1.165) is 0 Å². The minimum absolute atomic E-state index is 1.53. The summed E-state index contributed by atoms with van der Waals surface area (Å²) in [5, 5.41) is 0. The molecule has 3 heteroatoms. The fraction of sp³-hybridized carbons (Fsp3) is 0. The lowest BCUT2D eigenvalue weighted by molar-refractivity contribution is 2.41. The zero-order valence-corrected chi connectivity index (χ0v) is 4.73. The highest BCUT2D eigenvalue weighted by atomic mass is 14.2. The average Bonchev–Trinajstić information content (AvgIpc) is 2.64. The van der Waals surface area contributed by atoms with Crippen LogP contribution in [0.15, 0.2) is 0 Å². The fourth-order valence-electron chi connectivity index (χ4n) is 1.66. The van der Waals surface area contributed by atoms with E-state index in [-0.39, 0.29) is 0 Å². The molecule has 3 aliphatic heterocycles. The molecule has 0 amide bonds. The molecular weight excluding hydrogens is 105 g/mol. The molecule has 1 aromatic rings. The molecule has 0 bridgehead atoms. The number of hydrogen-bond donors (Lipinski definition) is 0. The zero-order valence-electron chi connectivity index (χ0n) is 4.73. The Morgan fingerprint density at radius 3 is 0.889 bits per heavy atom. The average molecular weight is 105 g/mol. The number of hydrogen-bond acceptors (Lipinski definition) is 0. The van der Waals surface area contributed by atoms with Crippen LogP contribution in [-0.4, -0.2) is 21.8 Å². The predicted octanol–water partition coefficient (Wildman–Crippen LogP) is -4.41. The van der Waals surface area contributed by atoms with Gasteiger partial charge >= 0.3 is 0 Å². The summed E-state index contributed by atoms with van der Waals surface area (Å²) in [6.07, 6.45) is 0. The molecule has 0 saturated carbocycles. The molecule has 0 nitrogen and oxygen atoms in total. The van der Waals surface area contributed by atoms with E-state index in [1.807, 2.05) is 0 Å². The van der Waals surface area contributed by atoms with Crippen molar-refractivity contribution in [3.05, 3.63) is 0 Å². The summed E-state index contributed by atoms with van der Waals surface area (Å²) >= 11 is 0. The Morgan fingerprint density at radius 1 is 0.444 bits per heavy atom. The van der Waals surface area contributed by atoms with Crippen molar-refractivity contribution < 1.29 is 0 Å². The van der Waals surface area contributed by atoms with Crippen molar-refractivity contribution in [2.45, 2.75) is 0 Å². The lowest BCUT2D eigenvalue weighted by atomic mass is 9.91. The molecule has 0 fully saturated rings.